The Hall–Kier alpha value is -2.37. The smallest absolute Gasteiger partial charge is 0.276 e. The second-order valence-electron chi connectivity index (χ2n) is 5.65. The number of para-hydroxylation sites is 1. The summed E-state index contributed by atoms with van der Waals surface area (Å²) in [6.07, 6.45) is 1.79. The van der Waals surface area contributed by atoms with Gasteiger partial charge in [0.1, 0.15) is 18.1 Å². The van der Waals surface area contributed by atoms with Crippen molar-refractivity contribution in [3.05, 3.63) is 70.4 Å². The van der Waals surface area contributed by atoms with Crippen LogP contribution >= 0.6 is 23.8 Å². The van der Waals surface area contributed by atoms with Gasteiger partial charge in [-0.3, -0.25) is 9.69 Å². The lowest BCUT2D eigenvalue weighted by Gasteiger charge is -2.13. The molecule has 2 aromatic carbocycles. The molecule has 1 fully saturated rings. The van der Waals surface area contributed by atoms with Gasteiger partial charge < -0.3 is 9.64 Å². The van der Waals surface area contributed by atoms with Gasteiger partial charge in [-0.05, 0) is 30.4 Å². The number of rotatable bonds is 4. The molecule has 0 spiro atoms. The maximum Gasteiger partial charge on any atom is 0.276 e. The van der Waals surface area contributed by atoms with Crippen LogP contribution in [-0.4, -0.2) is 34.9 Å². The van der Waals surface area contributed by atoms with Crippen molar-refractivity contribution in [2.24, 2.45) is 0 Å². The van der Waals surface area contributed by atoms with Crippen LogP contribution in [0, 0.1) is 0 Å². The van der Waals surface area contributed by atoms with E-state index in [1.54, 1.807) is 25.1 Å². The first kappa shape index (κ1) is 17.5. The van der Waals surface area contributed by atoms with E-state index in [2.05, 4.69) is 0 Å². The second-order valence-corrected chi connectivity index (χ2v) is 6.43. The van der Waals surface area contributed by atoms with Gasteiger partial charge in [-0.15, -0.1) is 0 Å². The minimum Gasteiger partial charge on any atom is -0.488 e. The summed E-state index contributed by atoms with van der Waals surface area (Å²) in [6, 6.07) is 15.1. The molecular weight excluding hydrogens is 356 g/mol. The van der Waals surface area contributed by atoms with E-state index < -0.39 is 0 Å². The molecule has 3 rings (SSSR count). The molecule has 1 amide bonds. The van der Waals surface area contributed by atoms with E-state index in [9.17, 15) is 4.79 Å². The summed E-state index contributed by atoms with van der Waals surface area (Å²) in [4.78, 5) is 15.5. The lowest BCUT2D eigenvalue weighted by molar-refractivity contribution is -0.121. The number of hydrogen-bond acceptors (Lipinski definition) is 3. The zero-order chi connectivity index (χ0) is 18.0. The van der Waals surface area contributed by atoms with Gasteiger partial charge in [0.2, 0.25) is 0 Å². The van der Waals surface area contributed by atoms with E-state index >= 15 is 0 Å². The lowest BCUT2D eigenvalue weighted by atomic mass is 10.1. The van der Waals surface area contributed by atoms with Gasteiger partial charge >= 0.3 is 0 Å². The van der Waals surface area contributed by atoms with Gasteiger partial charge in [-0.2, -0.15) is 0 Å². The van der Waals surface area contributed by atoms with Gasteiger partial charge in [-0.25, -0.2) is 0 Å². The van der Waals surface area contributed by atoms with Crippen LogP contribution in [0.4, 0.5) is 0 Å². The van der Waals surface area contributed by atoms with Gasteiger partial charge in [0.15, 0.2) is 5.11 Å². The van der Waals surface area contributed by atoms with E-state index in [1.807, 2.05) is 48.5 Å². The van der Waals surface area contributed by atoms with Crippen molar-refractivity contribution in [2.75, 3.05) is 14.1 Å². The van der Waals surface area contributed by atoms with Crippen LogP contribution in [0.25, 0.3) is 6.08 Å². The summed E-state index contributed by atoms with van der Waals surface area (Å²) in [5, 5.41) is 1.14. The van der Waals surface area contributed by atoms with Gasteiger partial charge in [0, 0.05) is 30.2 Å². The number of benzene rings is 2. The number of nitrogens with zero attached hydrogens (tertiary/aromatic N) is 2. The quantitative estimate of drug-likeness (QED) is 0.601. The summed E-state index contributed by atoms with van der Waals surface area (Å²) in [6.45, 7) is 0.349. The molecule has 6 heteroatoms. The number of carbonyl (C=O) groups excluding carboxylic acids is 1. The molecule has 0 atom stereocenters. The molecule has 4 nitrogen and oxygen atoms in total. The standard InChI is InChI=1S/C19H17ClN2O2S/c1-21-16(18(23)22(2)19(21)25)11-13-7-4-6-10-17(13)24-12-14-8-3-5-9-15(14)20/h3-11H,12H2,1-2H3/b16-11-. The molecule has 2 aromatic rings. The SMILES string of the molecule is CN1C(=O)/C(=C/c2ccccc2OCc2ccccc2Cl)N(C)C1=S. The van der Waals surface area contributed by atoms with Gasteiger partial charge in [0.05, 0.1) is 0 Å². The number of amides is 1. The molecule has 0 unspecified atom stereocenters. The van der Waals surface area contributed by atoms with Crippen LogP contribution in [0.1, 0.15) is 11.1 Å². The molecule has 0 N–H and O–H groups in total. The van der Waals surface area contributed by atoms with Crippen molar-refractivity contribution in [3.63, 3.8) is 0 Å². The Morgan fingerprint density at radius 3 is 2.44 bits per heavy atom. The van der Waals surface area contributed by atoms with Crippen molar-refractivity contribution >= 4 is 40.9 Å². The van der Waals surface area contributed by atoms with Crippen molar-refractivity contribution < 1.29 is 9.53 Å². The number of ether oxygens (including phenoxy) is 1. The van der Waals surface area contributed by atoms with Gasteiger partial charge in [0.25, 0.3) is 5.91 Å². The summed E-state index contributed by atoms with van der Waals surface area (Å²) < 4.78 is 5.93. The van der Waals surface area contributed by atoms with E-state index in [-0.39, 0.29) is 5.91 Å². The molecule has 0 aromatic heterocycles. The third-order valence-electron chi connectivity index (χ3n) is 4.01. The van der Waals surface area contributed by atoms with Crippen molar-refractivity contribution in [2.45, 2.75) is 6.61 Å². The molecule has 0 radical (unpaired) electrons. The summed E-state index contributed by atoms with van der Waals surface area (Å²) in [5.74, 6) is 0.546. The highest BCUT2D eigenvalue weighted by atomic mass is 35.5. The minimum absolute atomic E-state index is 0.131. The highest BCUT2D eigenvalue weighted by Crippen LogP contribution is 2.27. The summed E-state index contributed by atoms with van der Waals surface area (Å²) in [7, 11) is 3.45. The number of hydrogen-bond donors (Lipinski definition) is 0. The molecule has 0 aliphatic carbocycles. The molecular formula is C19H17ClN2O2S. The summed E-state index contributed by atoms with van der Waals surface area (Å²) in [5.41, 5.74) is 2.23. The first-order valence-corrected chi connectivity index (χ1v) is 8.50. The normalized spacial score (nSPS) is 16.0. The average Bonchev–Trinajstić information content (AvgIpc) is 2.80. The highest BCUT2D eigenvalue weighted by molar-refractivity contribution is 7.80. The van der Waals surface area contributed by atoms with Crippen molar-refractivity contribution in [1.82, 2.24) is 9.80 Å². The molecule has 1 heterocycles. The number of halogens is 1. The monoisotopic (exact) mass is 372 g/mol. The average molecular weight is 373 g/mol. The molecule has 25 heavy (non-hydrogen) atoms. The largest absolute Gasteiger partial charge is 0.488 e. The predicted octanol–water partition coefficient (Wildman–Crippen LogP) is 3.95. The Morgan fingerprint density at radius 1 is 1.08 bits per heavy atom. The second kappa shape index (κ2) is 7.25. The van der Waals surface area contributed by atoms with Crippen LogP contribution < -0.4 is 4.74 Å². The molecule has 0 saturated carbocycles. The Bertz CT molecular complexity index is 866. The Morgan fingerprint density at radius 2 is 1.76 bits per heavy atom. The maximum atomic E-state index is 12.3. The fourth-order valence-corrected chi connectivity index (χ4v) is 2.91. The fourth-order valence-electron chi connectivity index (χ4n) is 2.54. The van der Waals surface area contributed by atoms with E-state index in [1.165, 1.54) is 4.90 Å². The predicted molar refractivity (Wildman–Crippen MR) is 103 cm³/mol. The first-order valence-electron chi connectivity index (χ1n) is 7.71. The minimum atomic E-state index is -0.131. The lowest BCUT2D eigenvalue weighted by Crippen LogP contribution is -2.26. The van der Waals surface area contributed by atoms with E-state index in [0.717, 1.165) is 11.1 Å². The zero-order valence-electron chi connectivity index (χ0n) is 13.9. The van der Waals surface area contributed by atoms with Crippen molar-refractivity contribution in [1.29, 1.82) is 0 Å². The molecule has 0 bridgehead atoms. The third kappa shape index (κ3) is 3.52. The van der Waals surface area contributed by atoms with Crippen LogP contribution in [0.15, 0.2) is 54.2 Å². The van der Waals surface area contributed by atoms with Crippen LogP contribution in [0.5, 0.6) is 5.75 Å². The van der Waals surface area contributed by atoms with E-state index in [0.29, 0.717) is 28.2 Å². The van der Waals surface area contributed by atoms with Gasteiger partial charge in [-0.1, -0.05) is 48.0 Å². The Balaban J connectivity index is 1.87. The van der Waals surface area contributed by atoms with Crippen LogP contribution in [0.2, 0.25) is 5.02 Å². The summed E-state index contributed by atoms with van der Waals surface area (Å²) >= 11 is 11.4. The fraction of sp³-hybridized carbons (Fsp3) is 0.158. The highest BCUT2D eigenvalue weighted by Gasteiger charge is 2.32. The van der Waals surface area contributed by atoms with E-state index in [4.69, 9.17) is 28.6 Å². The molecule has 128 valence electrons. The first-order chi connectivity index (χ1) is 12.0. The van der Waals surface area contributed by atoms with Crippen LogP contribution in [0.3, 0.4) is 0 Å². The molecule has 1 saturated heterocycles. The Kier molecular flexibility index (Phi) is 5.06. The topological polar surface area (TPSA) is 32.8 Å². The third-order valence-corrected chi connectivity index (χ3v) is 4.93. The number of thiocarbonyl (C=S) groups is 1. The Labute approximate surface area is 157 Å². The number of likely N-dealkylation sites (N-methyl/N-ethyl adjacent to an activating group) is 2. The van der Waals surface area contributed by atoms with Crippen molar-refractivity contribution in [3.8, 4) is 5.75 Å². The molecule has 1 aliphatic rings. The maximum absolute atomic E-state index is 12.3. The molecule has 1 aliphatic heterocycles. The number of carbonyl (C=O) groups is 1. The van der Waals surface area contributed by atoms with Crippen LogP contribution in [-0.2, 0) is 11.4 Å². The zero-order valence-corrected chi connectivity index (χ0v) is 15.5.